The largest absolute Gasteiger partial charge is 0.496 e. The van der Waals surface area contributed by atoms with Crippen molar-refractivity contribution in [3.05, 3.63) is 58.1 Å². The van der Waals surface area contributed by atoms with Gasteiger partial charge in [0.15, 0.2) is 0 Å². The Hall–Kier alpha value is -1.42. The molecular formula is C15H15Cl2NO2. The van der Waals surface area contributed by atoms with Crippen LogP contribution in [0.1, 0.15) is 11.6 Å². The van der Waals surface area contributed by atoms with Gasteiger partial charge in [-0.2, -0.15) is 0 Å². The molecule has 0 amide bonds. The summed E-state index contributed by atoms with van der Waals surface area (Å²) >= 11 is 11.9. The summed E-state index contributed by atoms with van der Waals surface area (Å²) in [6.45, 7) is 0.303. The summed E-state index contributed by atoms with van der Waals surface area (Å²) in [5.41, 5.74) is 6.94. The van der Waals surface area contributed by atoms with E-state index in [4.69, 9.17) is 38.4 Å². The lowest BCUT2D eigenvalue weighted by atomic mass is 10.1. The maximum absolute atomic E-state index is 6.13. The maximum Gasteiger partial charge on any atom is 0.123 e. The van der Waals surface area contributed by atoms with Gasteiger partial charge in [-0.25, -0.2) is 0 Å². The van der Waals surface area contributed by atoms with Gasteiger partial charge in [0.2, 0.25) is 0 Å². The van der Waals surface area contributed by atoms with Gasteiger partial charge >= 0.3 is 0 Å². The minimum atomic E-state index is -0.345. The minimum absolute atomic E-state index is 0.303. The number of halogens is 2. The van der Waals surface area contributed by atoms with Gasteiger partial charge in [0.05, 0.1) is 13.2 Å². The molecule has 0 aliphatic heterocycles. The highest BCUT2D eigenvalue weighted by Crippen LogP contribution is 2.28. The van der Waals surface area contributed by atoms with Crippen molar-refractivity contribution in [3.63, 3.8) is 0 Å². The third-order valence-corrected chi connectivity index (χ3v) is 3.29. The molecule has 2 N–H and O–H groups in total. The monoisotopic (exact) mass is 311 g/mol. The smallest absolute Gasteiger partial charge is 0.123 e. The zero-order valence-electron chi connectivity index (χ0n) is 11.0. The lowest BCUT2D eigenvalue weighted by molar-refractivity contribution is 0.286. The second kappa shape index (κ2) is 6.84. The molecule has 0 heterocycles. The zero-order valence-corrected chi connectivity index (χ0v) is 12.5. The highest BCUT2D eigenvalue weighted by Gasteiger charge is 2.13. The second-order valence-electron chi connectivity index (χ2n) is 4.26. The highest BCUT2D eigenvalue weighted by atomic mass is 35.5. The summed E-state index contributed by atoms with van der Waals surface area (Å²) in [5, 5.41) is 1.23. The van der Waals surface area contributed by atoms with Gasteiger partial charge in [0, 0.05) is 15.6 Å². The fraction of sp³-hybridized carbons (Fsp3) is 0.200. The van der Waals surface area contributed by atoms with Gasteiger partial charge in [-0.05, 0) is 36.4 Å². The predicted molar refractivity (Wildman–Crippen MR) is 81.9 cm³/mol. The molecule has 3 nitrogen and oxygen atoms in total. The Labute approximate surface area is 128 Å². The average Bonchev–Trinajstić information content (AvgIpc) is 2.45. The van der Waals surface area contributed by atoms with E-state index in [1.54, 1.807) is 37.4 Å². The summed E-state index contributed by atoms with van der Waals surface area (Å²) in [6, 6.07) is 12.2. The second-order valence-corrected chi connectivity index (χ2v) is 5.13. The number of hydrogen-bond donors (Lipinski definition) is 1. The van der Waals surface area contributed by atoms with E-state index in [2.05, 4.69) is 0 Å². The van der Waals surface area contributed by atoms with Crippen LogP contribution in [-0.2, 0) is 0 Å². The van der Waals surface area contributed by atoms with Crippen LogP contribution in [0, 0.1) is 0 Å². The van der Waals surface area contributed by atoms with Crippen molar-refractivity contribution in [2.45, 2.75) is 6.04 Å². The lowest BCUT2D eigenvalue weighted by Gasteiger charge is -2.17. The Morgan fingerprint density at radius 3 is 2.55 bits per heavy atom. The van der Waals surface area contributed by atoms with Crippen molar-refractivity contribution in [1.29, 1.82) is 0 Å². The molecule has 0 spiro atoms. The first-order valence-electron chi connectivity index (χ1n) is 6.07. The summed E-state index contributed by atoms with van der Waals surface area (Å²) in [7, 11) is 1.59. The lowest BCUT2D eigenvalue weighted by Crippen LogP contribution is -2.19. The summed E-state index contributed by atoms with van der Waals surface area (Å²) < 4.78 is 10.9. The number of benzene rings is 2. The van der Waals surface area contributed by atoms with Crippen LogP contribution in [0.3, 0.4) is 0 Å². The van der Waals surface area contributed by atoms with Crippen LogP contribution in [0.5, 0.6) is 11.5 Å². The number of hydrogen-bond acceptors (Lipinski definition) is 3. The van der Waals surface area contributed by atoms with Crippen LogP contribution < -0.4 is 15.2 Å². The van der Waals surface area contributed by atoms with Gasteiger partial charge in [0.25, 0.3) is 0 Å². The van der Waals surface area contributed by atoms with E-state index >= 15 is 0 Å². The van der Waals surface area contributed by atoms with Crippen LogP contribution in [0.15, 0.2) is 42.5 Å². The van der Waals surface area contributed by atoms with Gasteiger partial charge in [0.1, 0.15) is 18.1 Å². The molecule has 2 rings (SSSR count). The zero-order chi connectivity index (χ0) is 14.5. The molecule has 0 saturated carbocycles. The number of nitrogens with two attached hydrogens (primary N) is 1. The molecule has 5 heteroatoms. The first-order valence-corrected chi connectivity index (χ1v) is 6.83. The molecule has 0 aromatic heterocycles. The number of ether oxygens (including phenoxy) is 2. The fourth-order valence-electron chi connectivity index (χ4n) is 1.83. The third-order valence-electron chi connectivity index (χ3n) is 2.82. The number of methoxy groups -OCH3 is 1. The van der Waals surface area contributed by atoms with E-state index in [0.29, 0.717) is 28.2 Å². The Bertz CT molecular complexity index is 590. The van der Waals surface area contributed by atoms with Crippen molar-refractivity contribution in [2.75, 3.05) is 13.7 Å². The maximum atomic E-state index is 6.13. The van der Waals surface area contributed by atoms with Crippen molar-refractivity contribution >= 4 is 23.2 Å². The SMILES string of the molecule is COc1ccc(Cl)cc1C(N)COc1cccc(Cl)c1. The van der Waals surface area contributed by atoms with Crippen LogP contribution in [-0.4, -0.2) is 13.7 Å². The van der Waals surface area contributed by atoms with Crippen LogP contribution in [0.2, 0.25) is 10.0 Å². The summed E-state index contributed by atoms with van der Waals surface area (Å²) in [4.78, 5) is 0. The first-order chi connectivity index (χ1) is 9.60. The molecule has 0 saturated heterocycles. The van der Waals surface area contributed by atoms with E-state index in [0.717, 1.165) is 5.56 Å². The van der Waals surface area contributed by atoms with Crippen molar-refractivity contribution in [1.82, 2.24) is 0 Å². The van der Waals surface area contributed by atoms with Crippen LogP contribution in [0.4, 0.5) is 0 Å². The van der Waals surface area contributed by atoms with Gasteiger partial charge in [-0.1, -0.05) is 29.3 Å². The normalized spacial score (nSPS) is 12.0. The van der Waals surface area contributed by atoms with Crippen LogP contribution >= 0.6 is 23.2 Å². The number of rotatable bonds is 5. The quantitative estimate of drug-likeness (QED) is 0.904. The van der Waals surface area contributed by atoms with Crippen LogP contribution in [0.25, 0.3) is 0 Å². The molecule has 0 fully saturated rings. The molecule has 0 aliphatic carbocycles. The molecule has 1 unspecified atom stereocenters. The predicted octanol–water partition coefficient (Wildman–Crippen LogP) is 4.08. The Kier molecular flexibility index (Phi) is 5.12. The Morgan fingerprint density at radius 2 is 1.85 bits per heavy atom. The molecule has 2 aromatic carbocycles. The van der Waals surface area contributed by atoms with Crippen molar-refractivity contribution < 1.29 is 9.47 Å². The van der Waals surface area contributed by atoms with E-state index < -0.39 is 0 Å². The van der Waals surface area contributed by atoms with E-state index in [1.807, 2.05) is 12.1 Å². The van der Waals surface area contributed by atoms with Gasteiger partial charge in [-0.15, -0.1) is 0 Å². The van der Waals surface area contributed by atoms with Gasteiger partial charge < -0.3 is 15.2 Å². The highest BCUT2D eigenvalue weighted by molar-refractivity contribution is 6.31. The third kappa shape index (κ3) is 3.79. The summed E-state index contributed by atoms with van der Waals surface area (Å²) in [6.07, 6.45) is 0. The van der Waals surface area contributed by atoms with E-state index in [1.165, 1.54) is 0 Å². The van der Waals surface area contributed by atoms with Gasteiger partial charge in [-0.3, -0.25) is 0 Å². The fourth-order valence-corrected chi connectivity index (χ4v) is 2.19. The Balaban J connectivity index is 2.08. The minimum Gasteiger partial charge on any atom is -0.496 e. The molecule has 20 heavy (non-hydrogen) atoms. The Morgan fingerprint density at radius 1 is 1.10 bits per heavy atom. The molecule has 2 aromatic rings. The van der Waals surface area contributed by atoms with E-state index in [9.17, 15) is 0 Å². The standard InChI is InChI=1S/C15H15Cl2NO2/c1-19-15-6-5-11(17)8-13(15)14(18)9-20-12-4-2-3-10(16)7-12/h2-8,14H,9,18H2,1H3. The molecule has 0 aliphatic rings. The van der Waals surface area contributed by atoms with E-state index in [-0.39, 0.29) is 6.04 Å². The molecule has 1 atom stereocenters. The first kappa shape index (κ1) is 15.0. The summed E-state index contributed by atoms with van der Waals surface area (Å²) in [5.74, 6) is 1.37. The van der Waals surface area contributed by atoms with Crippen molar-refractivity contribution in [3.8, 4) is 11.5 Å². The molecule has 0 radical (unpaired) electrons. The van der Waals surface area contributed by atoms with Crippen molar-refractivity contribution in [2.24, 2.45) is 5.73 Å². The average molecular weight is 312 g/mol. The topological polar surface area (TPSA) is 44.5 Å². The molecule has 0 bridgehead atoms. The molecule has 106 valence electrons. The molecular weight excluding hydrogens is 297 g/mol.